The maximum absolute atomic E-state index is 6.69. The van der Waals surface area contributed by atoms with Crippen LogP contribution in [0.15, 0.2) is 241 Å². The highest BCUT2D eigenvalue weighted by atomic mass is 16.3. The zero-order chi connectivity index (χ0) is 38.7. The molecule has 1 aromatic heterocycles. The molecule has 0 amide bonds. The minimum absolute atomic E-state index is 0.875. The summed E-state index contributed by atoms with van der Waals surface area (Å²) >= 11 is 0. The molecule has 0 aliphatic rings. The Kier molecular flexibility index (Phi) is 9.27. The van der Waals surface area contributed by atoms with E-state index in [1.54, 1.807) is 0 Å². The third kappa shape index (κ3) is 6.67. The van der Waals surface area contributed by atoms with E-state index in [4.69, 9.17) is 4.42 Å². The van der Waals surface area contributed by atoms with E-state index in [2.05, 4.69) is 235 Å². The van der Waals surface area contributed by atoms with Gasteiger partial charge in [0.25, 0.3) is 0 Å². The quantitative estimate of drug-likeness (QED) is 0.146. The highest BCUT2D eigenvalue weighted by molar-refractivity contribution is 6.04. The molecule has 10 rings (SSSR count). The molecule has 0 bridgehead atoms. The van der Waals surface area contributed by atoms with Crippen molar-refractivity contribution in [1.82, 2.24) is 0 Å². The number of fused-ring (bicyclic) bond motifs is 1. The fourth-order valence-electron chi connectivity index (χ4n) is 8.10. The molecule has 9 aromatic carbocycles. The van der Waals surface area contributed by atoms with Gasteiger partial charge in [-0.2, -0.15) is 0 Å². The number of hydrogen-bond donors (Lipinski definition) is 0. The lowest BCUT2D eigenvalue weighted by Gasteiger charge is -2.28. The lowest BCUT2D eigenvalue weighted by Crippen LogP contribution is -2.11. The Morgan fingerprint density at radius 3 is 1.28 bits per heavy atom. The van der Waals surface area contributed by atoms with Crippen LogP contribution in [0.25, 0.3) is 77.9 Å². The van der Waals surface area contributed by atoms with Crippen LogP contribution in [0.5, 0.6) is 0 Å². The van der Waals surface area contributed by atoms with E-state index >= 15 is 0 Å². The van der Waals surface area contributed by atoms with Gasteiger partial charge in [-0.3, -0.25) is 0 Å². The summed E-state index contributed by atoms with van der Waals surface area (Å²) in [5.41, 5.74) is 16.8. The largest absolute Gasteiger partial charge is 0.455 e. The van der Waals surface area contributed by atoms with Gasteiger partial charge in [0.1, 0.15) is 11.3 Å². The van der Waals surface area contributed by atoms with Crippen LogP contribution in [0.4, 0.5) is 17.1 Å². The third-order valence-corrected chi connectivity index (χ3v) is 10.9. The van der Waals surface area contributed by atoms with E-state index in [-0.39, 0.29) is 0 Å². The van der Waals surface area contributed by atoms with Gasteiger partial charge in [0.2, 0.25) is 0 Å². The first-order valence-corrected chi connectivity index (χ1v) is 19.8. The van der Waals surface area contributed by atoms with Gasteiger partial charge in [0.15, 0.2) is 0 Å². The predicted octanol–water partition coefficient (Wildman–Crippen LogP) is 15.9. The first-order chi connectivity index (χ1) is 28.8. The van der Waals surface area contributed by atoms with Gasteiger partial charge in [0, 0.05) is 33.5 Å². The van der Waals surface area contributed by atoms with Gasteiger partial charge < -0.3 is 9.32 Å². The number of furan rings is 1. The van der Waals surface area contributed by atoms with Crippen molar-refractivity contribution >= 4 is 28.0 Å². The van der Waals surface area contributed by atoms with Crippen LogP contribution in [0.1, 0.15) is 0 Å². The molecular formula is C56H39NO. The van der Waals surface area contributed by atoms with Crippen molar-refractivity contribution in [2.45, 2.75) is 0 Å². The van der Waals surface area contributed by atoms with E-state index in [1.165, 1.54) is 27.8 Å². The third-order valence-electron chi connectivity index (χ3n) is 10.9. The van der Waals surface area contributed by atoms with Crippen molar-refractivity contribution in [3.05, 3.63) is 237 Å². The molecule has 0 unspecified atom stereocenters. The smallest absolute Gasteiger partial charge is 0.143 e. The number of hydrogen-bond acceptors (Lipinski definition) is 2. The number of rotatable bonds is 9. The molecule has 0 aliphatic carbocycles. The van der Waals surface area contributed by atoms with Crippen molar-refractivity contribution < 1.29 is 4.42 Å². The molecule has 58 heavy (non-hydrogen) atoms. The molecule has 2 heteroatoms. The number of anilines is 3. The lowest BCUT2D eigenvalue weighted by molar-refractivity contribution is 0.632. The van der Waals surface area contributed by atoms with Crippen LogP contribution in [0.2, 0.25) is 0 Å². The summed E-state index contributed by atoms with van der Waals surface area (Å²) in [6.07, 6.45) is 0. The molecule has 1 heterocycles. The SMILES string of the molecule is c1ccc(-c2ccc(-c3ccc(N(c4ccc(-c5ccccc5-c5oc6ccccc6c5-c5ccccc5)cc4)c4ccccc4-c4ccccc4)cc3)cc2)cc1. The van der Waals surface area contributed by atoms with Gasteiger partial charge in [-0.15, -0.1) is 0 Å². The van der Waals surface area contributed by atoms with Crippen molar-refractivity contribution in [3.63, 3.8) is 0 Å². The van der Waals surface area contributed by atoms with Crippen LogP contribution in [0.3, 0.4) is 0 Å². The van der Waals surface area contributed by atoms with Gasteiger partial charge in [-0.1, -0.05) is 200 Å². The minimum Gasteiger partial charge on any atom is -0.455 e. The molecule has 0 aliphatic heterocycles. The average molecular weight is 742 g/mol. The standard InChI is InChI=1S/C56H39NO/c1-4-16-40(17-5-1)41-28-30-42(31-29-41)43-32-36-47(37-33-43)57(53-26-14-12-23-50(53)44-18-6-2-7-19-44)48-38-34-45(35-39-48)49-22-10-11-24-51(49)56-55(46-20-8-3-9-21-46)52-25-13-15-27-54(52)58-56/h1-39H. The van der Waals surface area contributed by atoms with Crippen molar-refractivity contribution in [2.24, 2.45) is 0 Å². The van der Waals surface area contributed by atoms with Gasteiger partial charge in [-0.05, 0) is 80.9 Å². The Bertz CT molecular complexity index is 2950. The molecule has 0 radical (unpaired) electrons. The topological polar surface area (TPSA) is 16.4 Å². The zero-order valence-corrected chi connectivity index (χ0v) is 31.9. The second-order valence-electron chi connectivity index (χ2n) is 14.5. The molecule has 0 spiro atoms. The molecule has 0 saturated heterocycles. The Morgan fingerprint density at radius 2 is 0.672 bits per heavy atom. The molecule has 2 nitrogen and oxygen atoms in total. The van der Waals surface area contributed by atoms with Crippen LogP contribution < -0.4 is 4.90 Å². The van der Waals surface area contributed by atoms with Crippen molar-refractivity contribution in [1.29, 1.82) is 0 Å². The number of nitrogens with zero attached hydrogens (tertiary/aromatic N) is 1. The van der Waals surface area contributed by atoms with Crippen molar-refractivity contribution in [3.8, 4) is 67.0 Å². The van der Waals surface area contributed by atoms with E-state index < -0.39 is 0 Å². The Hall–Kier alpha value is -7.68. The molecule has 0 N–H and O–H groups in total. The summed E-state index contributed by atoms with van der Waals surface area (Å²) in [6.45, 7) is 0. The Morgan fingerprint density at radius 1 is 0.276 bits per heavy atom. The van der Waals surface area contributed by atoms with Crippen LogP contribution >= 0.6 is 0 Å². The minimum atomic E-state index is 0.875. The number of benzene rings is 9. The molecule has 0 fully saturated rings. The summed E-state index contributed by atoms with van der Waals surface area (Å²) in [7, 11) is 0. The monoisotopic (exact) mass is 741 g/mol. The first-order valence-electron chi connectivity index (χ1n) is 19.8. The van der Waals surface area contributed by atoms with Gasteiger partial charge >= 0.3 is 0 Å². The Balaban J connectivity index is 1.05. The summed E-state index contributed by atoms with van der Waals surface area (Å²) in [4.78, 5) is 2.37. The van der Waals surface area contributed by atoms with Crippen LogP contribution in [0, 0.1) is 0 Å². The molecule has 10 aromatic rings. The second-order valence-corrected chi connectivity index (χ2v) is 14.5. The second kappa shape index (κ2) is 15.5. The molecule has 274 valence electrons. The molecular weight excluding hydrogens is 703 g/mol. The van der Waals surface area contributed by atoms with Gasteiger partial charge in [-0.25, -0.2) is 0 Å². The lowest BCUT2D eigenvalue weighted by atomic mass is 9.93. The zero-order valence-electron chi connectivity index (χ0n) is 31.9. The Labute approximate surface area is 339 Å². The summed E-state index contributed by atoms with van der Waals surface area (Å²) < 4.78 is 6.69. The summed E-state index contributed by atoms with van der Waals surface area (Å²) in [6, 6.07) is 84.0. The fraction of sp³-hybridized carbons (Fsp3) is 0. The summed E-state index contributed by atoms with van der Waals surface area (Å²) in [5, 5.41) is 1.11. The van der Waals surface area contributed by atoms with E-state index in [0.29, 0.717) is 0 Å². The van der Waals surface area contributed by atoms with E-state index in [9.17, 15) is 0 Å². The van der Waals surface area contributed by atoms with Crippen LogP contribution in [-0.2, 0) is 0 Å². The maximum Gasteiger partial charge on any atom is 0.143 e. The first kappa shape index (κ1) is 34.8. The van der Waals surface area contributed by atoms with Gasteiger partial charge in [0.05, 0.1) is 5.69 Å². The van der Waals surface area contributed by atoms with Crippen molar-refractivity contribution in [2.75, 3.05) is 4.90 Å². The van der Waals surface area contributed by atoms with E-state index in [0.717, 1.165) is 67.2 Å². The maximum atomic E-state index is 6.69. The summed E-state index contributed by atoms with van der Waals surface area (Å²) in [5.74, 6) is 0.875. The fourth-order valence-corrected chi connectivity index (χ4v) is 8.10. The number of para-hydroxylation sites is 2. The predicted molar refractivity (Wildman–Crippen MR) is 244 cm³/mol. The molecule has 0 saturated carbocycles. The van der Waals surface area contributed by atoms with Crippen LogP contribution in [-0.4, -0.2) is 0 Å². The normalized spacial score (nSPS) is 11.1. The average Bonchev–Trinajstić information content (AvgIpc) is 3.70. The highest BCUT2D eigenvalue weighted by Gasteiger charge is 2.21. The van der Waals surface area contributed by atoms with E-state index in [1.807, 2.05) is 6.07 Å². The highest BCUT2D eigenvalue weighted by Crippen LogP contribution is 2.46. The molecule has 0 atom stereocenters.